The summed E-state index contributed by atoms with van der Waals surface area (Å²) in [6.07, 6.45) is 1.62. The van der Waals surface area contributed by atoms with E-state index in [9.17, 15) is 4.79 Å². The van der Waals surface area contributed by atoms with Crippen molar-refractivity contribution in [3.05, 3.63) is 28.7 Å². The molecular formula is C7H6N2O2. The summed E-state index contributed by atoms with van der Waals surface area (Å²) in [6.45, 7) is 0. The Morgan fingerprint density at radius 3 is 3.18 bits per heavy atom. The molecular weight excluding hydrogens is 144 g/mol. The fourth-order valence-electron chi connectivity index (χ4n) is 1.02. The van der Waals surface area contributed by atoms with Crippen molar-refractivity contribution in [3.63, 3.8) is 0 Å². The summed E-state index contributed by atoms with van der Waals surface area (Å²) in [4.78, 5) is 14.9. The van der Waals surface area contributed by atoms with Gasteiger partial charge in [-0.3, -0.25) is 0 Å². The third-order valence-corrected chi connectivity index (χ3v) is 1.52. The van der Waals surface area contributed by atoms with Crippen molar-refractivity contribution in [2.45, 2.75) is 0 Å². The quantitative estimate of drug-likeness (QED) is 0.550. The SMILES string of the molecule is Cn1oc(=O)c2cccnc21. The molecule has 0 aliphatic heterocycles. The van der Waals surface area contributed by atoms with Crippen LogP contribution in [0.2, 0.25) is 0 Å². The second kappa shape index (κ2) is 1.95. The van der Waals surface area contributed by atoms with Crippen LogP contribution in [0, 0.1) is 0 Å². The van der Waals surface area contributed by atoms with Crippen LogP contribution in [0.4, 0.5) is 0 Å². The van der Waals surface area contributed by atoms with Gasteiger partial charge in [-0.1, -0.05) is 0 Å². The second-order valence-corrected chi connectivity index (χ2v) is 2.25. The van der Waals surface area contributed by atoms with Gasteiger partial charge < -0.3 is 4.52 Å². The highest BCUT2D eigenvalue weighted by atomic mass is 16.5. The molecule has 0 spiro atoms. The van der Waals surface area contributed by atoms with Crippen molar-refractivity contribution >= 4 is 11.0 Å². The Bertz CT molecular complexity index is 441. The number of hydrogen-bond donors (Lipinski definition) is 0. The van der Waals surface area contributed by atoms with E-state index in [1.165, 1.54) is 4.74 Å². The summed E-state index contributed by atoms with van der Waals surface area (Å²) in [6, 6.07) is 3.40. The third kappa shape index (κ3) is 0.756. The van der Waals surface area contributed by atoms with E-state index >= 15 is 0 Å². The maximum Gasteiger partial charge on any atom is 0.367 e. The van der Waals surface area contributed by atoms with Crippen molar-refractivity contribution in [2.75, 3.05) is 0 Å². The lowest BCUT2D eigenvalue weighted by Crippen LogP contribution is -1.90. The standard InChI is InChI=1S/C7H6N2O2/c1-9-6-5(7(10)11-9)3-2-4-8-6/h2-4H,1H3. The normalized spacial score (nSPS) is 10.6. The summed E-state index contributed by atoms with van der Waals surface area (Å²) in [5, 5.41) is 0.523. The first-order valence-electron chi connectivity index (χ1n) is 3.20. The Hall–Kier alpha value is -1.58. The maximum atomic E-state index is 11.0. The first-order chi connectivity index (χ1) is 5.29. The van der Waals surface area contributed by atoms with Gasteiger partial charge >= 0.3 is 5.63 Å². The molecule has 0 unspecified atom stereocenters. The molecule has 4 heteroatoms. The summed E-state index contributed by atoms with van der Waals surface area (Å²) < 4.78 is 6.12. The Morgan fingerprint density at radius 2 is 2.45 bits per heavy atom. The molecule has 0 aromatic carbocycles. The zero-order chi connectivity index (χ0) is 7.84. The van der Waals surface area contributed by atoms with Crippen LogP contribution in [-0.2, 0) is 7.05 Å². The molecule has 0 amide bonds. The first-order valence-corrected chi connectivity index (χ1v) is 3.20. The summed E-state index contributed by atoms with van der Waals surface area (Å²) in [5.41, 5.74) is 0.244. The number of aryl methyl sites for hydroxylation is 1. The van der Waals surface area contributed by atoms with Gasteiger partial charge in [0.15, 0.2) is 5.65 Å². The van der Waals surface area contributed by atoms with E-state index in [4.69, 9.17) is 4.52 Å². The van der Waals surface area contributed by atoms with Crippen LogP contribution in [0.25, 0.3) is 11.0 Å². The molecule has 2 aromatic rings. The van der Waals surface area contributed by atoms with E-state index in [0.29, 0.717) is 11.0 Å². The average molecular weight is 150 g/mol. The lowest BCUT2D eigenvalue weighted by Gasteiger charge is -1.87. The van der Waals surface area contributed by atoms with E-state index < -0.39 is 0 Å². The molecule has 2 heterocycles. The molecule has 11 heavy (non-hydrogen) atoms. The minimum absolute atomic E-state index is 0.337. The zero-order valence-electron chi connectivity index (χ0n) is 5.94. The van der Waals surface area contributed by atoms with Crippen LogP contribution in [0.15, 0.2) is 27.6 Å². The van der Waals surface area contributed by atoms with Gasteiger partial charge in [-0.2, -0.15) is 4.74 Å². The van der Waals surface area contributed by atoms with Gasteiger partial charge in [0.25, 0.3) is 0 Å². The van der Waals surface area contributed by atoms with Gasteiger partial charge in [0.1, 0.15) is 5.39 Å². The second-order valence-electron chi connectivity index (χ2n) is 2.25. The van der Waals surface area contributed by atoms with Crippen molar-refractivity contribution in [1.29, 1.82) is 0 Å². The van der Waals surface area contributed by atoms with Crippen LogP contribution in [-0.4, -0.2) is 9.72 Å². The molecule has 0 N–H and O–H groups in total. The Kier molecular flexibility index (Phi) is 1.09. The van der Waals surface area contributed by atoms with Gasteiger partial charge in [-0.05, 0) is 12.1 Å². The predicted molar refractivity (Wildman–Crippen MR) is 39.3 cm³/mol. The van der Waals surface area contributed by atoms with Crippen LogP contribution >= 0.6 is 0 Å². The third-order valence-electron chi connectivity index (χ3n) is 1.52. The summed E-state index contributed by atoms with van der Waals surface area (Å²) >= 11 is 0. The van der Waals surface area contributed by atoms with E-state index in [0.717, 1.165) is 0 Å². The van der Waals surface area contributed by atoms with Crippen LogP contribution < -0.4 is 5.63 Å². The molecule has 2 aromatic heterocycles. The molecule has 0 saturated heterocycles. The van der Waals surface area contributed by atoms with E-state index in [-0.39, 0.29) is 5.63 Å². The molecule has 0 fully saturated rings. The number of pyridine rings is 1. The summed E-state index contributed by atoms with van der Waals surface area (Å²) in [7, 11) is 1.65. The Morgan fingerprint density at radius 1 is 1.64 bits per heavy atom. The zero-order valence-corrected chi connectivity index (χ0v) is 5.94. The van der Waals surface area contributed by atoms with E-state index in [1.54, 1.807) is 25.4 Å². The van der Waals surface area contributed by atoms with Crippen LogP contribution in [0.5, 0.6) is 0 Å². The monoisotopic (exact) mass is 150 g/mol. The molecule has 0 aliphatic rings. The van der Waals surface area contributed by atoms with Crippen LogP contribution in [0.1, 0.15) is 0 Å². The first kappa shape index (κ1) is 6.15. The minimum Gasteiger partial charge on any atom is -0.334 e. The van der Waals surface area contributed by atoms with Gasteiger partial charge in [0.05, 0.1) is 0 Å². The molecule has 56 valence electrons. The Balaban J connectivity index is 3.07. The fraction of sp³-hybridized carbons (Fsp3) is 0.143. The minimum atomic E-state index is -0.337. The van der Waals surface area contributed by atoms with Crippen molar-refractivity contribution in [3.8, 4) is 0 Å². The molecule has 0 radical (unpaired) electrons. The number of rotatable bonds is 0. The molecule has 0 aliphatic carbocycles. The largest absolute Gasteiger partial charge is 0.367 e. The highest BCUT2D eigenvalue weighted by molar-refractivity contribution is 5.72. The number of nitrogens with zero attached hydrogens (tertiary/aromatic N) is 2. The molecule has 0 atom stereocenters. The predicted octanol–water partition coefficient (Wildman–Crippen LogP) is 0.526. The van der Waals surface area contributed by atoms with Crippen molar-refractivity contribution in [2.24, 2.45) is 7.05 Å². The summed E-state index contributed by atoms with van der Waals surface area (Å²) in [5.74, 6) is 0. The maximum absolute atomic E-state index is 11.0. The number of aromatic nitrogens is 2. The van der Waals surface area contributed by atoms with Gasteiger partial charge in [-0.15, -0.1) is 0 Å². The number of hydrogen-bond acceptors (Lipinski definition) is 3. The highest BCUT2D eigenvalue weighted by Gasteiger charge is 2.04. The lowest BCUT2D eigenvalue weighted by atomic mass is 10.4. The number of fused-ring (bicyclic) bond motifs is 1. The van der Waals surface area contributed by atoms with Crippen LogP contribution in [0.3, 0.4) is 0 Å². The molecule has 4 nitrogen and oxygen atoms in total. The van der Waals surface area contributed by atoms with Gasteiger partial charge in [0, 0.05) is 13.2 Å². The lowest BCUT2D eigenvalue weighted by molar-refractivity contribution is 0.294. The average Bonchev–Trinajstić information content (AvgIpc) is 2.30. The molecule has 0 bridgehead atoms. The molecule has 2 rings (SSSR count). The van der Waals surface area contributed by atoms with Crippen molar-refractivity contribution in [1.82, 2.24) is 9.72 Å². The van der Waals surface area contributed by atoms with Crippen molar-refractivity contribution < 1.29 is 4.52 Å². The topological polar surface area (TPSA) is 48.0 Å². The van der Waals surface area contributed by atoms with E-state index in [1.807, 2.05) is 0 Å². The molecule has 0 saturated carbocycles. The Labute approximate surface area is 62.0 Å². The highest BCUT2D eigenvalue weighted by Crippen LogP contribution is 2.03. The van der Waals surface area contributed by atoms with Gasteiger partial charge in [0.2, 0.25) is 0 Å². The van der Waals surface area contributed by atoms with E-state index in [2.05, 4.69) is 4.98 Å². The smallest absolute Gasteiger partial charge is 0.334 e. The fourth-order valence-corrected chi connectivity index (χ4v) is 1.02. The van der Waals surface area contributed by atoms with Gasteiger partial charge in [-0.25, -0.2) is 9.78 Å².